The molecule has 3 rings (SSSR count). The van der Waals surface area contributed by atoms with Crippen molar-refractivity contribution in [2.24, 2.45) is 11.8 Å². The number of imide groups is 1. The zero-order chi connectivity index (χ0) is 16.4. The van der Waals surface area contributed by atoms with Crippen molar-refractivity contribution in [1.29, 1.82) is 0 Å². The first-order chi connectivity index (χ1) is 11.1. The lowest BCUT2D eigenvalue weighted by Crippen LogP contribution is -2.36. The van der Waals surface area contributed by atoms with E-state index in [1.807, 2.05) is 12.2 Å². The number of furan rings is 1. The Labute approximate surface area is 134 Å². The maximum atomic E-state index is 12.3. The molecule has 3 amide bonds. The smallest absolute Gasteiger partial charge is 0.233 e. The van der Waals surface area contributed by atoms with Gasteiger partial charge in [0, 0.05) is 20.0 Å². The Balaban J connectivity index is 1.54. The van der Waals surface area contributed by atoms with E-state index in [1.54, 1.807) is 30.3 Å². The van der Waals surface area contributed by atoms with Gasteiger partial charge in [0.05, 0.1) is 24.6 Å². The molecule has 2 aliphatic rings. The Morgan fingerprint density at radius 1 is 1.26 bits per heavy atom. The third kappa shape index (κ3) is 3.06. The van der Waals surface area contributed by atoms with Crippen molar-refractivity contribution >= 4 is 17.7 Å². The predicted octanol–water partition coefficient (Wildman–Crippen LogP) is 1.58. The molecule has 1 aromatic heterocycles. The first-order valence-corrected chi connectivity index (χ1v) is 7.84. The number of fused-ring (bicyclic) bond motifs is 1. The van der Waals surface area contributed by atoms with E-state index in [4.69, 9.17) is 4.42 Å². The summed E-state index contributed by atoms with van der Waals surface area (Å²) in [5, 5.41) is 0. The van der Waals surface area contributed by atoms with Crippen LogP contribution in [0.15, 0.2) is 35.0 Å². The highest BCUT2D eigenvalue weighted by Gasteiger charge is 2.46. The molecule has 6 heteroatoms. The Hall–Kier alpha value is -2.37. The summed E-state index contributed by atoms with van der Waals surface area (Å²) < 4.78 is 5.21. The number of hydrogen-bond donors (Lipinski definition) is 0. The molecule has 1 fully saturated rings. The first-order valence-electron chi connectivity index (χ1n) is 7.84. The van der Waals surface area contributed by atoms with Crippen molar-refractivity contribution < 1.29 is 18.8 Å². The molecule has 122 valence electrons. The minimum absolute atomic E-state index is 0.116. The molecule has 2 heterocycles. The van der Waals surface area contributed by atoms with Crippen LogP contribution in [-0.2, 0) is 20.9 Å². The van der Waals surface area contributed by atoms with Crippen LogP contribution in [0.5, 0.6) is 0 Å². The van der Waals surface area contributed by atoms with Crippen LogP contribution < -0.4 is 0 Å². The molecule has 0 spiro atoms. The van der Waals surface area contributed by atoms with Gasteiger partial charge in [-0.1, -0.05) is 12.2 Å². The van der Waals surface area contributed by atoms with Crippen LogP contribution in [0.3, 0.4) is 0 Å². The normalized spacial score (nSPS) is 23.3. The maximum Gasteiger partial charge on any atom is 0.233 e. The predicted molar refractivity (Wildman–Crippen MR) is 81.9 cm³/mol. The molecule has 0 saturated carbocycles. The third-order valence-corrected chi connectivity index (χ3v) is 4.55. The van der Waals surface area contributed by atoms with Crippen molar-refractivity contribution in [2.75, 3.05) is 13.6 Å². The summed E-state index contributed by atoms with van der Waals surface area (Å²) in [5.74, 6) is -0.148. The van der Waals surface area contributed by atoms with E-state index < -0.39 is 0 Å². The molecular weight excluding hydrogens is 296 g/mol. The van der Waals surface area contributed by atoms with Crippen LogP contribution in [0, 0.1) is 11.8 Å². The maximum absolute atomic E-state index is 12.3. The minimum Gasteiger partial charge on any atom is -0.467 e. The summed E-state index contributed by atoms with van der Waals surface area (Å²) in [6.45, 7) is 0.537. The van der Waals surface area contributed by atoms with Crippen LogP contribution in [0.4, 0.5) is 0 Å². The average molecular weight is 316 g/mol. The van der Waals surface area contributed by atoms with E-state index in [2.05, 4.69) is 0 Å². The number of hydrogen-bond acceptors (Lipinski definition) is 4. The van der Waals surface area contributed by atoms with Crippen LogP contribution >= 0.6 is 0 Å². The summed E-state index contributed by atoms with van der Waals surface area (Å²) in [6, 6.07) is 3.57. The molecule has 1 aliphatic carbocycles. The summed E-state index contributed by atoms with van der Waals surface area (Å²) in [6.07, 6.45) is 6.86. The quantitative estimate of drug-likeness (QED) is 0.611. The fourth-order valence-corrected chi connectivity index (χ4v) is 3.21. The Kier molecular flexibility index (Phi) is 4.32. The monoisotopic (exact) mass is 316 g/mol. The number of carbonyl (C=O) groups excluding carboxylic acids is 3. The summed E-state index contributed by atoms with van der Waals surface area (Å²) in [7, 11) is 1.68. The standard InChI is InChI=1S/C17H20N2O4/c1-18(11-12-5-4-10-23-12)15(20)8-9-19-16(21)13-6-2-3-7-14(13)17(19)22/h2-5,10,13-14H,6-9,11H2,1H3/t13-,14-/m0/s1. The lowest BCUT2D eigenvalue weighted by atomic mass is 9.85. The highest BCUT2D eigenvalue weighted by Crippen LogP contribution is 2.35. The number of amides is 3. The van der Waals surface area contributed by atoms with Crippen molar-refractivity contribution in [2.45, 2.75) is 25.8 Å². The van der Waals surface area contributed by atoms with E-state index in [9.17, 15) is 14.4 Å². The fraction of sp³-hybridized carbons (Fsp3) is 0.471. The van der Waals surface area contributed by atoms with Crippen LogP contribution in [-0.4, -0.2) is 41.1 Å². The molecule has 2 atom stereocenters. The van der Waals surface area contributed by atoms with Crippen LogP contribution in [0.2, 0.25) is 0 Å². The molecule has 0 bridgehead atoms. The van der Waals surface area contributed by atoms with Gasteiger partial charge in [-0.25, -0.2) is 0 Å². The fourth-order valence-electron chi connectivity index (χ4n) is 3.21. The van der Waals surface area contributed by atoms with Gasteiger partial charge < -0.3 is 9.32 Å². The summed E-state index contributed by atoms with van der Waals surface area (Å²) in [4.78, 5) is 39.6. The largest absolute Gasteiger partial charge is 0.467 e. The molecular formula is C17H20N2O4. The van der Waals surface area contributed by atoms with Gasteiger partial charge in [0.25, 0.3) is 0 Å². The number of nitrogens with zero attached hydrogens (tertiary/aromatic N) is 2. The van der Waals surface area contributed by atoms with Crippen LogP contribution in [0.1, 0.15) is 25.0 Å². The van der Waals surface area contributed by atoms with Crippen molar-refractivity contribution in [3.8, 4) is 0 Å². The van der Waals surface area contributed by atoms with Crippen LogP contribution in [0.25, 0.3) is 0 Å². The first kappa shape index (κ1) is 15.5. The van der Waals surface area contributed by atoms with Gasteiger partial charge in [0.2, 0.25) is 17.7 Å². The zero-order valence-corrected chi connectivity index (χ0v) is 13.1. The second-order valence-electron chi connectivity index (χ2n) is 6.06. The third-order valence-electron chi connectivity index (χ3n) is 4.55. The molecule has 0 N–H and O–H groups in total. The number of rotatable bonds is 5. The Morgan fingerprint density at radius 2 is 1.91 bits per heavy atom. The summed E-state index contributed by atoms with van der Waals surface area (Å²) >= 11 is 0. The molecule has 0 radical (unpaired) electrons. The molecule has 1 saturated heterocycles. The molecule has 23 heavy (non-hydrogen) atoms. The molecule has 0 aromatic carbocycles. The van der Waals surface area contributed by atoms with Gasteiger partial charge in [0.15, 0.2) is 0 Å². The van der Waals surface area contributed by atoms with E-state index >= 15 is 0 Å². The van der Waals surface area contributed by atoms with E-state index in [1.165, 1.54) is 4.90 Å². The van der Waals surface area contributed by atoms with Gasteiger partial charge in [0.1, 0.15) is 5.76 Å². The minimum atomic E-state index is -0.233. The van der Waals surface area contributed by atoms with Crippen molar-refractivity contribution in [3.63, 3.8) is 0 Å². The number of likely N-dealkylation sites (tertiary alicyclic amines) is 1. The van der Waals surface area contributed by atoms with E-state index in [-0.39, 0.29) is 42.5 Å². The molecule has 6 nitrogen and oxygen atoms in total. The highest BCUT2D eigenvalue weighted by atomic mass is 16.3. The SMILES string of the molecule is CN(Cc1ccco1)C(=O)CCN1C(=O)[C@H]2CC=CC[C@@H]2C1=O. The molecule has 1 aliphatic heterocycles. The van der Waals surface area contributed by atoms with Crippen molar-refractivity contribution in [3.05, 3.63) is 36.3 Å². The second-order valence-corrected chi connectivity index (χ2v) is 6.06. The lowest BCUT2D eigenvalue weighted by Gasteiger charge is -2.18. The lowest BCUT2D eigenvalue weighted by molar-refractivity contribution is -0.140. The van der Waals surface area contributed by atoms with Gasteiger partial charge >= 0.3 is 0 Å². The highest BCUT2D eigenvalue weighted by molar-refractivity contribution is 6.05. The van der Waals surface area contributed by atoms with E-state index in [0.29, 0.717) is 25.1 Å². The second kappa shape index (κ2) is 6.40. The topological polar surface area (TPSA) is 70.8 Å². The van der Waals surface area contributed by atoms with Gasteiger partial charge in [-0.2, -0.15) is 0 Å². The Morgan fingerprint density at radius 3 is 2.48 bits per heavy atom. The number of allylic oxidation sites excluding steroid dienone is 2. The molecule has 0 unspecified atom stereocenters. The average Bonchev–Trinajstić information content (AvgIpc) is 3.14. The summed E-state index contributed by atoms with van der Waals surface area (Å²) in [5.41, 5.74) is 0. The number of carbonyl (C=O) groups is 3. The molecule has 1 aromatic rings. The Bertz CT molecular complexity index is 609. The van der Waals surface area contributed by atoms with Crippen molar-refractivity contribution in [1.82, 2.24) is 9.80 Å². The van der Waals surface area contributed by atoms with Gasteiger partial charge in [-0.3, -0.25) is 19.3 Å². The van der Waals surface area contributed by atoms with E-state index in [0.717, 1.165) is 0 Å². The zero-order valence-electron chi connectivity index (χ0n) is 13.1. The van der Waals surface area contributed by atoms with Gasteiger partial charge in [-0.15, -0.1) is 0 Å². The van der Waals surface area contributed by atoms with Gasteiger partial charge in [-0.05, 0) is 25.0 Å².